The SMILES string of the molecule is O=C(Nc1ccc(OCCOc2c(Cl)cccc2Cl)cc1)c1ccco1. The molecule has 0 aliphatic carbocycles. The fourth-order valence-electron chi connectivity index (χ4n) is 2.16. The monoisotopic (exact) mass is 391 g/mol. The molecule has 3 aromatic rings. The van der Waals surface area contributed by atoms with Crippen molar-refractivity contribution >= 4 is 34.8 Å². The molecule has 134 valence electrons. The molecule has 0 aliphatic heterocycles. The van der Waals surface area contributed by atoms with E-state index in [0.717, 1.165) is 0 Å². The molecule has 0 unspecified atom stereocenters. The molecular weight excluding hydrogens is 377 g/mol. The van der Waals surface area contributed by atoms with Crippen molar-refractivity contribution in [1.29, 1.82) is 0 Å². The molecule has 0 saturated carbocycles. The standard InChI is InChI=1S/C19H15Cl2NO4/c20-15-3-1-4-16(21)18(15)26-12-11-24-14-8-6-13(7-9-14)22-19(23)17-5-2-10-25-17/h1-10H,11-12H2,(H,22,23). The quantitative estimate of drug-likeness (QED) is 0.555. The number of ether oxygens (including phenoxy) is 2. The number of carbonyl (C=O) groups is 1. The van der Waals surface area contributed by atoms with Crippen LogP contribution in [-0.4, -0.2) is 19.1 Å². The average Bonchev–Trinajstić information content (AvgIpc) is 3.17. The minimum absolute atomic E-state index is 0.251. The summed E-state index contributed by atoms with van der Waals surface area (Å²) in [5.41, 5.74) is 0.637. The highest BCUT2D eigenvalue weighted by Gasteiger charge is 2.09. The maximum atomic E-state index is 11.9. The number of furan rings is 1. The molecule has 1 heterocycles. The number of amides is 1. The Kier molecular flexibility index (Phi) is 6.04. The molecule has 1 amide bonds. The Balaban J connectivity index is 1.46. The van der Waals surface area contributed by atoms with E-state index in [9.17, 15) is 4.79 Å². The van der Waals surface area contributed by atoms with Crippen molar-refractivity contribution < 1.29 is 18.7 Å². The minimum atomic E-state index is -0.311. The van der Waals surface area contributed by atoms with Gasteiger partial charge in [-0.1, -0.05) is 29.3 Å². The third kappa shape index (κ3) is 4.71. The number of carbonyl (C=O) groups excluding carboxylic acids is 1. The van der Waals surface area contributed by atoms with Crippen LogP contribution in [0.4, 0.5) is 5.69 Å². The third-order valence-corrected chi connectivity index (χ3v) is 3.97. The molecule has 0 radical (unpaired) electrons. The van der Waals surface area contributed by atoms with E-state index in [1.54, 1.807) is 54.6 Å². The molecule has 0 atom stereocenters. The Labute approximate surface area is 160 Å². The molecule has 0 aliphatic rings. The van der Waals surface area contributed by atoms with E-state index in [0.29, 0.717) is 40.4 Å². The van der Waals surface area contributed by atoms with Gasteiger partial charge in [-0.25, -0.2) is 0 Å². The van der Waals surface area contributed by atoms with Crippen LogP contribution in [0, 0.1) is 0 Å². The Morgan fingerprint density at radius 2 is 1.62 bits per heavy atom. The highest BCUT2D eigenvalue weighted by atomic mass is 35.5. The highest BCUT2D eigenvalue weighted by molar-refractivity contribution is 6.37. The number of halogens is 2. The molecule has 0 spiro atoms. The lowest BCUT2D eigenvalue weighted by molar-refractivity contribution is 0.0996. The first-order valence-electron chi connectivity index (χ1n) is 7.78. The molecule has 0 bridgehead atoms. The van der Waals surface area contributed by atoms with E-state index in [1.807, 2.05) is 0 Å². The van der Waals surface area contributed by atoms with Gasteiger partial charge in [0.1, 0.15) is 19.0 Å². The van der Waals surface area contributed by atoms with Gasteiger partial charge < -0.3 is 19.2 Å². The van der Waals surface area contributed by atoms with Crippen molar-refractivity contribution in [2.45, 2.75) is 0 Å². The van der Waals surface area contributed by atoms with Gasteiger partial charge in [-0.05, 0) is 48.5 Å². The summed E-state index contributed by atoms with van der Waals surface area (Å²) in [6.07, 6.45) is 1.45. The van der Waals surface area contributed by atoms with Crippen LogP contribution in [0.25, 0.3) is 0 Å². The Morgan fingerprint density at radius 1 is 0.923 bits per heavy atom. The molecule has 2 aromatic carbocycles. The second-order valence-electron chi connectivity index (χ2n) is 5.20. The van der Waals surface area contributed by atoms with Crippen molar-refractivity contribution in [3.8, 4) is 11.5 Å². The van der Waals surface area contributed by atoms with Crippen LogP contribution in [0.3, 0.4) is 0 Å². The van der Waals surface area contributed by atoms with E-state index in [1.165, 1.54) is 6.26 Å². The molecule has 5 nitrogen and oxygen atoms in total. The van der Waals surface area contributed by atoms with Gasteiger partial charge in [0.2, 0.25) is 0 Å². The van der Waals surface area contributed by atoms with Crippen LogP contribution >= 0.6 is 23.2 Å². The number of para-hydroxylation sites is 1. The molecular formula is C19H15Cl2NO4. The normalized spacial score (nSPS) is 10.4. The van der Waals surface area contributed by atoms with E-state index in [2.05, 4.69) is 5.32 Å². The topological polar surface area (TPSA) is 60.7 Å². The van der Waals surface area contributed by atoms with Crippen molar-refractivity contribution in [3.63, 3.8) is 0 Å². The summed E-state index contributed by atoms with van der Waals surface area (Å²) < 4.78 is 16.2. The lowest BCUT2D eigenvalue weighted by Gasteiger charge is -2.11. The van der Waals surface area contributed by atoms with E-state index < -0.39 is 0 Å². The van der Waals surface area contributed by atoms with Gasteiger partial charge in [-0.15, -0.1) is 0 Å². The zero-order chi connectivity index (χ0) is 18.4. The van der Waals surface area contributed by atoms with E-state index >= 15 is 0 Å². The minimum Gasteiger partial charge on any atom is -0.490 e. The molecule has 0 saturated heterocycles. The van der Waals surface area contributed by atoms with Crippen LogP contribution in [0.5, 0.6) is 11.5 Å². The van der Waals surface area contributed by atoms with Gasteiger partial charge in [0, 0.05) is 5.69 Å². The third-order valence-electron chi connectivity index (χ3n) is 3.37. The maximum Gasteiger partial charge on any atom is 0.291 e. The van der Waals surface area contributed by atoms with Crippen LogP contribution < -0.4 is 14.8 Å². The first-order chi connectivity index (χ1) is 12.6. The van der Waals surface area contributed by atoms with Crippen molar-refractivity contribution in [2.24, 2.45) is 0 Å². The van der Waals surface area contributed by atoms with Crippen LogP contribution in [0.2, 0.25) is 10.0 Å². The van der Waals surface area contributed by atoms with Gasteiger partial charge in [-0.2, -0.15) is 0 Å². The summed E-state index contributed by atoms with van der Waals surface area (Å²) >= 11 is 12.1. The van der Waals surface area contributed by atoms with Crippen LogP contribution in [0.15, 0.2) is 65.3 Å². The zero-order valence-electron chi connectivity index (χ0n) is 13.6. The Morgan fingerprint density at radius 3 is 2.27 bits per heavy atom. The number of hydrogen-bond donors (Lipinski definition) is 1. The predicted molar refractivity (Wildman–Crippen MR) is 101 cm³/mol. The number of nitrogens with one attached hydrogen (secondary N) is 1. The molecule has 26 heavy (non-hydrogen) atoms. The number of anilines is 1. The summed E-state index contributed by atoms with van der Waals surface area (Å²) in [5, 5.41) is 3.64. The predicted octanol–water partition coefficient (Wildman–Crippen LogP) is 5.30. The molecule has 1 N–H and O–H groups in total. The molecule has 7 heteroatoms. The zero-order valence-corrected chi connectivity index (χ0v) is 15.1. The summed E-state index contributed by atoms with van der Waals surface area (Å²) in [5.74, 6) is 1.03. The number of hydrogen-bond acceptors (Lipinski definition) is 4. The van der Waals surface area contributed by atoms with Crippen molar-refractivity contribution in [1.82, 2.24) is 0 Å². The lowest BCUT2D eigenvalue weighted by Crippen LogP contribution is -2.11. The summed E-state index contributed by atoms with van der Waals surface area (Å²) in [7, 11) is 0. The fraction of sp³-hybridized carbons (Fsp3) is 0.105. The molecule has 3 rings (SSSR count). The van der Waals surface area contributed by atoms with Crippen molar-refractivity contribution in [3.05, 3.63) is 76.7 Å². The smallest absolute Gasteiger partial charge is 0.291 e. The molecule has 0 fully saturated rings. The average molecular weight is 392 g/mol. The van der Waals surface area contributed by atoms with Gasteiger partial charge >= 0.3 is 0 Å². The number of benzene rings is 2. The van der Waals surface area contributed by atoms with Gasteiger partial charge in [0.05, 0.1) is 16.3 Å². The summed E-state index contributed by atoms with van der Waals surface area (Å²) in [6.45, 7) is 0.611. The van der Waals surface area contributed by atoms with Gasteiger partial charge in [0.25, 0.3) is 5.91 Å². The fourth-order valence-corrected chi connectivity index (χ4v) is 2.67. The molecule has 1 aromatic heterocycles. The van der Waals surface area contributed by atoms with Crippen LogP contribution in [-0.2, 0) is 0 Å². The highest BCUT2D eigenvalue weighted by Crippen LogP contribution is 2.32. The summed E-state index contributed by atoms with van der Waals surface area (Å²) in [6, 6.07) is 15.4. The first kappa shape index (κ1) is 18.2. The van der Waals surface area contributed by atoms with Gasteiger partial charge in [0.15, 0.2) is 11.5 Å². The lowest BCUT2D eigenvalue weighted by atomic mass is 10.3. The van der Waals surface area contributed by atoms with Gasteiger partial charge in [-0.3, -0.25) is 4.79 Å². The second-order valence-corrected chi connectivity index (χ2v) is 6.02. The summed E-state index contributed by atoms with van der Waals surface area (Å²) in [4.78, 5) is 11.9. The van der Waals surface area contributed by atoms with E-state index in [4.69, 9.17) is 37.1 Å². The Bertz CT molecular complexity index is 844. The maximum absolute atomic E-state index is 11.9. The number of rotatable bonds is 7. The van der Waals surface area contributed by atoms with Crippen molar-refractivity contribution in [2.75, 3.05) is 18.5 Å². The van der Waals surface area contributed by atoms with Crippen LogP contribution in [0.1, 0.15) is 10.6 Å². The largest absolute Gasteiger partial charge is 0.490 e. The Hall–Kier alpha value is -2.63. The van der Waals surface area contributed by atoms with E-state index in [-0.39, 0.29) is 11.7 Å². The second kappa shape index (κ2) is 8.65. The first-order valence-corrected chi connectivity index (χ1v) is 8.53.